The Hall–Kier alpha value is -1.25. The zero-order valence-corrected chi connectivity index (χ0v) is 11.3. The number of rotatable bonds is 3. The van der Waals surface area contributed by atoms with Gasteiger partial charge in [-0.05, 0) is 13.3 Å². The number of sulfonamides is 1. The third-order valence-corrected chi connectivity index (χ3v) is 5.80. The largest absolute Gasteiger partial charge is 0.476 e. The summed E-state index contributed by atoms with van der Waals surface area (Å²) in [5.74, 6) is -1.32. The molecule has 2 rings (SSSR count). The fourth-order valence-electron chi connectivity index (χ4n) is 1.76. The van der Waals surface area contributed by atoms with Crippen LogP contribution >= 0.6 is 11.3 Å². The van der Waals surface area contributed by atoms with Gasteiger partial charge in [0.05, 0.1) is 5.51 Å². The molecule has 0 saturated carbocycles. The van der Waals surface area contributed by atoms with E-state index in [2.05, 4.69) is 4.98 Å². The Balaban J connectivity index is 2.40. The van der Waals surface area contributed by atoms with Gasteiger partial charge < -0.3 is 5.11 Å². The Kier molecular flexibility index (Phi) is 3.51. The van der Waals surface area contributed by atoms with Crippen LogP contribution in [0.5, 0.6) is 0 Å². The molecule has 6 nitrogen and oxygen atoms in total. The van der Waals surface area contributed by atoms with Gasteiger partial charge in [0.25, 0.3) is 10.0 Å². The van der Waals surface area contributed by atoms with Gasteiger partial charge in [0.2, 0.25) is 0 Å². The van der Waals surface area contributed by atoms with E-state index >= 15 is 0 Å². The number of carboxylic acids is 1. The minimum Gasteiger partial charge on any atom is -0.476 e. The topological polar surface area (TPSA) is 87.6 Å². The maximum atomic E-state index is 12.3. The molecule has 0 atom stereocenters. The predicted octanol–water partition coefficient (Wildman–Crippen LogP) is 1.18. The maximum absolute atomic E-state index is 12.3. The lowest BCUT2D eigenvalue weighted by Crippen LogP contribution is -2.35. The van der Waals surface area contributed by atoms with E-state index in [1.54, 1.807) is 0 Å². The van der Waals surface area contributed by atoms with E-state index < -0.39 is 21.7 Å². The van der Waals surface area contributed by atoms with Gasteiger partial charge in [-0.2, -0.15) is 4.31 Å². The Labute approximate surface area is 109 Å². The average Bonchev–Trinajstić information content (AvgIpc) is 2.78. The first-order chi connectivity index (χ1) is 8.43. The number of carboxylic acid groups (broad SMARTS) is 1. The summed E-state index contributed by atoms with van der Waals surface area (Å²) >= 11 is 0.839. The first-order valence-corrected chi connectivity index (χ1v) is 7.57. The molecule has 0 aromatic carbocycles. The molecule has 8 heteroatoms. The number of aromatic nitrogens is 1. The Morgan fingerprint density at radius 2 is 2.28 bits per heavy atom. The van der Waals surface area contributed by atoms with E-state index in [9.17, 15) is 13.2 Å². The molecule has 2 heterocycles. The van der Waals surface area contributed by atoms with Crippen molar-refractivity contribution in [3.8, 4) is 0 Å². The Bertz CT molecular complexity index is 603. The second-order valence-corrected chi connectivity index (χ2v) is 6.96. The summed E-state index contributed by atoms with van der Waals surface area (Å²) in [5, 5.41) is 8.92. The quantitative estimate of drug-likeness (QED) is 0.844. The number of carbonyl (C=O) groups is 1. The molecule has 0 fully saturated rings. The van der Waals surface area contributed by atoms with Crippen LogP contribution in [0.25, 0.3) is 0 Å². The third kappa shape index (κ3) is 2.31. The van der Waals surface area contributed by atoms with Gasteiger partial charge in [0.15, 0.2) is 9.90 Å². The summed E-state index contributed by atoms with van der Waals surface area (Å²) in [4.78, 5) is 14.5. The van der Waals surface area contributed by atoms with Gasteiger partial charge in [0.1, 0.15) is 0 Å². The van der Waals surface area contributed by atoms with Crippen molar-refractivity contribution in [1.29, 1.82) is 0 Å². The standard InChI is InChI=1S/C10H12N2O4S2/c1-7-3-2-4-12(5-7)18(15,16)10-8(9(13)14)11-6-17-10/h3,6H,2,4-5H2,1H3,(H,13,14). The second-order valence-electron chi connectivity index (χ2n) is 3.97. The van der Waals surface area contributed by atoms with Crippen LogP contribution in [-0.2, 0) is 10.0 Å². The highest BCUT2D eigenvalue weighted by molar-refractivity contribution is 7.91. The lowest BCUT2D eigenvalue weighted by atomic mass is 10.2. The van der Waals surface area contributed by atoms with E-state index in [-0.39, 0.29) is 4.21 Å². The van der Waals surface area contributed by atoms with Crippen LogP contribution in [-0.4, -0.2) is 41.9 Å². The second kappa shape index (κ2) is 4.79. The van der Waals surface area contributed by atoms with Crippen molar-refractivity contribution < 1.29 is 18.3 Å². The van der Waals surface area contributed by atoms with Gasteiger partial charge in [-0.1, -0.05) is 11.6 Å². The lowest BCUT2D eigenvalue weighted by molar-refractivity contribution is 0.0687. The molecule has 0 radical (unpaired) electrons. The molecule has 0 unspecified atom stereocenters. The zero-order valence-electron chi connectivity index (χ0n) is 9.66. The van der Waals surface area contributed by atoms with Gasteiger partial charge >= 0.3 is 5.97 Å². The van der Waals surface area contributed by atoms with Crippen LogP contribution in [0.15, 0.2) is 21.4 Å². The summed E-state index contributed by atoms with van der Waals surface area (Å²) in [7, 11) is -3.76. The fraction of sp³-hybridized carbons (Fsp3) is 0.400. The van der Waals surface area contributed by atoms with Crippen LogP contribution < -0.4 is 0 Å². The molecule has 1 aliphatic heterocycles. The SMILES string of the molecule is CC1=CCCN(S(=O)(=O)c2scnc2C(=O)O)C1. The summed E-state index contributed by atoms with van der Waals surface area (Å²) in [6.45, 7) is 2.53. The molecular formula is C10H12N2O4S2. The van der Waals surface area contributed by atoms with Crippen molar-refractivity contribution in [2.45, 2.75) is 17.6 Å². The number of aromatic carboxylic acids is 1. The van der Waals surface area contributed by atoms with E-state index in [4.69, 9.17) is 5.11 Å². The van der Waals surface area contributed by atoms with Crippen molar-refractivity contribution in [3.63, 3.8) is 0 Å². The number of hydrogen-bond acceptors (Lipinski definition) is 5. The highest BCUT2D eigenvalue weighted by atomic mass is 32.2. The van der Waals surface area contributed by atoms with E-state index in [1.807, 2.05) is 13.0 Å². The molecule has 1 aromatic heterocycles. The molecule has 98 valence electrons. The molecule has 0 bridgehead atoms. The minimum atomic E-state index is -3.76. The number of thiazole rings is 1. The summed E-state index contributed by atoms with van der Waals surface area (Å²) in [5.41, 5.74) is 1.81. The van der Waals surface area contributed by atoms with E-state index in [0.29, 0.717) is 19.5 Å². The molecule has 0 spiro atoms. The monoisotopic (exact) mass is 288 g/mol. The summed E-state index contributed by atoms with van der Waals surface area (Å²) < 4.78 is 25.8. The van der Waals surface area contributed by atoms with Crippen molar-refractivity contribution in [3.05, 3.63) is 22.9 Å². The molecule has 1 N–H and O–H groups in total. The molecular weight excluding hydrogens is 276 g/mol. The van der Waals surface area contributed by atoms with Crippen molar-refractivity contribution in [1.82, 2.24) is 9.29 Å². The molecule has 1 aromatic rings. The van der Waals surface area contributed by atoms with Crippen LogP contribution in [0.4, 0.5) is 0 Å². The summed E-state index contributed by atoms with van der Waals surface area (Å²) in [6, 6.07) is 0. The molecule has 18 heavy (non-hydrogen) atoms. The summed E-state index contributed by atoms with van der Waals surface area (Å²) in [6.07, 6.45) is 2.63. The lowest BCUT2D eigenvalue weighted by Gasteiger charge is -2.24. The van der Waals surface area contributed by atoms with Crippen molar-refractivity contribution in [2.24, 2.45) is 0 Å². The Morgan fingerprint density at radius 1 is 1.56 bits per heavy atom. The van der Waals surface area contributed by atoms with Crippen LogP contribution in [0, 0.1) is 0 Å². The molecule has 0 aliphatic carbocycles. The highest BCUT2D eigenvalue weighted by Crippen LogP contribution is 2.26. The predicted molar refractivity (Wildman–Crippen MR) is 66.2 cm³/mol. The molecule has 1 aliphatic rings. The van der Waals surface area contributed by atoms with Gasteiger partial charge in [0, 0.05) is 13.1 Å². The third-order valence-electron chi connectivity index (χ3n) is 2.61. The number of nitrogens with zero attached hydrogens (tertiary/aromatic N) is 2. The fourth-order valence-corrected chi connectivity index (χ4v) is 4.54. The Morgan fingerprint density at radius 3 is 2.89 bits per heavy atom. The van der Waals surface area contributed by atoms with E-state index in [0.717, 1.165) is 16.9 Å². The van der Waals surface area contributed by atoms with Crippen molar-refractivity contribution in [2.75, 3.05) is 13.1 Å². The van der Waals surface area contributed by atoms with Crippen LogP contribution in [0.2, 0.25) is 0 Å². The smallest absolute Gasteiger partial charge is 0.356 e. The molecule has 0 amide bonds. The van der Waals surface area contributed by atoms with Crippen LogP contribution in [0.3, 0.4) is 0 Å². The van der Waals surface area contributed by atoms with Gasteiger partial charge in [-0.25, -0.2) is 18.2 Å². The maximum Gasteiger partial charge on any atom is 0.356 e. The normalized spacial score (nSPS) is 17.5. The average molecular weight is 288 g/mol. The molecule has 0 saturated heterocycles. The first-order valence-electron chi connectivity index (χ1n) is 5.25. The number of hydrogen-bond donors (Lipinski definition) is 1. The van der Waals surface area contributed by atoms with Crippen LogP contribution in [0.1, 0.15) is 23.8 Å². The van der Waals surface area contributed by atoms with E-state index in [1.165, 1.54) is 9.82 Å². The minimum absolute atomic E-state index is 0.190. The van der Waals surface area contributed by atoms with Gasteiger partial charge in [-0.15, -0.1) is 11.3 Å². The first kappa shape index (κ1) is 13.2. The van der Waals surface area contributed by atoms with Gasteiger partial charge in [-0.3, -0.25) is 0 Å². The highest BCUT2D eigenvalue weighted by Gasteiger charge is 2.32. The van der Waals surface area contributed by atoms with Crippen molar-refractivity contribution >= 4 is 27.3 Å². The zero-order chi connectivity index (χ0) is 13.3.